The first kappa shape index (κ1) is 15.9. The summed E-state index contributed by atoms with van der Waals surface area (Å²) < 4.78 is 0. The van der Waals surface area contributed by atoms with Gasteiger partial charge < -0.3 is 10.0 Å². The molecule has 0 aromatic heterocycles. The Morgan fingerprint density at radius 1 is 1.30 bits per heavy atom. The SMILES string of the molecule is CCCN(CCC)c1cc(C(=O)O)cc([N+](=O)[O-])c1C. The number of aromatic carboxylic acids is 1. The van der Waals surface area contributed by atoms with E-state index in [4.69, 9.17) is 5.11 Å². The van der Waals surface area contributed by atoms with E-state index in [-0.39, 0.29) is 11.3 Å². The minimum atomic E-state index is -1.15. The van der Waals surface area contributed by atoms with Gasteiger partial charge in [0.15, 0.2) is 0 Å². The van der Waals surface area contributed by atoms with Gasteiger partial charge in [-0.3, -0.25) is 10.1 Å². The lowest BCUT2D eigenvalue weighted by Gasteiger charge is -2.25. The third-order valence-electron chi connectivity index (χ3n) is 3.12. The maximum absolute atomic E-state index is 11.1. The number of rotatable bonds is 7. The molecule has 1 rings (SSSR count). The highest BCUT2D eigenvalue weighted by atomic mass is 16.6. The zero-order chi connectivity index (χ0) is 15.3. The Bertz CT molecular complexity index is 508. The lowest BCUT2D eigenvalue weighted by atomic mass is 10.1. The number of carbonyl (C=O) groups is 1. The molecule has 0 spiro atoms. The van der Waals surface area contributed by atoms with E-state index in [1.807, 2.05) is 18.7 Å². The molecular formula is C14H20N2O4. The Kier molecular flexibility index (Phi) is 5.49. The lowest BCUT2D eigenvalue weighted by Crippen LogP contribution is -2.26. The van der Waals surface area contributed by atoms with Crippen molar-refractivity contribution >= 4 is 17.3 Å². The van der Waals surface area contributed by atoms with Crippen LogP contribution in [0.5, 0.6) is 0 Å². The van der Waals surface area contributed by atoms with Crippen LogP contribution in [0.25, 0.3) is 0 Å². The minimum Gasteiger partial charge on any atom is -0.478 e. The van der Waals surface area contributed by atoms with Crippen LogP contribution in [0.1, 0.15) is 42.6 Å². The summed E-state index contributed by atoms with van der Waals surface area (Å²) in [6.07, 6.45) is 1.79. The molecule has 0 saturated heterocycles. The molecule has 110 valence electrons. The molecule has 20 heavy (non-hydrogen) atoms. The van der Waals surface area contributed by atoms with Crippen LogP contribution in [0.2, 0.25) is 0 Å². The second kappa shape index (κ2) is 6.88. The predicted molar refractivity (Wildman–Crippen MR) is 77.6 cm³/mol. The number of benzene rings is 1. The Balaban J connectivity index is 3.41. The fourth-order valence-electron chi connectivity index (χ4n) is 2.22. The quantitative estimate of drug-likeness (QED) is 0.612. The molecule has 0 saturated carbocycles. The van der Waals surface area contributed by atoms with Crippen LogP contribution in [0.4, 0.5) is 11.4 Å². The molecule has 0 unspecified atom stereocenters. The Morgan fingerprint density at radius 2 is 1.85 bits per heavy atom. The number of carboxylic acid groups (broad SMARTS) is 1. The van der Waals surface area contributed by atoms with Gasteiger partial charge in [0.2, 0.25) is 0 Å². The van der Waals surface area contributed by atoms with E-state index in [1.165, 1.54) is 6.07 Å². The van der Waals surface area contributed by atoms with Gasteiger partial charge in [-0.05, 0) is 25.8 Å². The van der Waals surface area contributed by atoms with Gasteiger partial charge in [0.25, 0.3) is 5.69 Å². The van der Waals surface area contributed by atoms with Crippen LogP contribution < -0.4 is 4.90 Å². The van der Waals surface area contributed by atoms with Crippen LogP contribution in [0, 0.1) is 17.0 Å². The highest BCUT2D eigenvalue weighted by Crippen LogP contribution is 2.31. The van der Waals surface area contributed by atoms with Crippen molar-refractivity contribution in [2.24, 2.45) is 0 Å². The number of nitro groups is 1. The molecule has 0 aliphatic heterocycles. The van der Waals surface area contributed by atoms with Crippen LogP contribution in [0.15, 0.2) is 12.1 Å². The monoisotopic (exact) mass is 280 g/mol. The molecule has 6 nitrogen and oxygen atoms in total. The first-order chi connectivity index (χ1) is 9.42. The first-order valence-corrected chi connectivity index (χ1v) is 6.69. The zero-order valence-corrected chi connectivity index (χ0v) is 12.0. The molecular weight excluding hydrogens is 260 g/mol. The molecule has 0 aliphatic carbocycles. The second-order valence-corrected chi connectivity index (χ2v) is 4.69. The molecule has 1 aromatic rings. The number of carboxylic acids is 1. The summed E-state index contributed by atoms with van der Waals surface area (Å²) in [5.74, 6) is -1.15. The Morgan fingerprint density at radius 3 is 2.25 bits per heavy atom. The van der Waals surface area contributed by atoms with Crippen LogP contribution in [-0.2, 0) is 0 Å². The molecule has 0 heterocycles. The predicted octanol–water partition coefficient (Wildman–Crippen LogP) is 3.23. The van der Waals surface area contributed by atoms with E-state index in [0.717, 1.165) is 32.0 Å². The summed E-state index contributed by atoms with van der Waals surface area (Å²) in [5, 5.41) is 20.2. The van der Waals surface area contributed by atoms with Crippen molar-refractivity contribution in [3.63, 3.8) is 0 Å². The van der Waals surface area contributed by atoms with Crippen molar-refractivity contribution in [1.82, 2.24) is 0 Å². The summed E-state index contributed by atoms with van der Waals surface area (Å²) in [6, 6.07) is 2.65. The molecule has 0 fully saturated rings. The van der Waals surface area contributed by atoms with Crippen LogP contribution >= 0.6 is 0 Å². The summed E-state index contributed by atoms with van der Waals surface area (Å²) >= 11 is 0. The number of hydrogen-bond donors (Lipinski definition) is 1. The third-order valence-corrected chi connectivity index (χ3v) is 3.12. The van der Waals surface area contributed by atoms with E-state index in [2.05, 4.69) is 0 Å². The zero-order valence-electron chi connectivity index (χ0n) is 12.0. The van der Waals surface area contributed by atoms with E-state index in [0.29, 0.717) is 11.3 Å². The van der Waals surface area contributed by atoms with Crippen molar-refractivity contribution in [1.29, 1.82) is 0 Å². The molecule has 1 N–H and O–H groups in total. The highest BCUT2D eigenvalue weighted by molar-refractivity contribution is 5.90. The van der Waals surface area contributed by atoms with Gasteiger partial charge in [0.1, 0.15) is 0 Å². The van der Waals surface area contributed by atoms with Gasteiger partial charge in [-0.15, -0.1) is 0 Å². The fraction of sp³-hybridized carbons (Fsp3) is 0.500. The largest absolute Gasteiger partial charge is 0.478 e. The van der Waals surface area contributed by atoms with Gasteiger partial charge in [-0.2, -0.15) is 0 Å². The van der Waals surface area contributed by atoms with Crippen LogP contribution in [-0.4, -0.2) is 29.1 Å². The average molecular weight is 280 g/mol. The summed E-state index contributed by atoms with van der Waals surface area (Å²) in [5.41, 5.74) is 0.966. The standard InChI is InChI=1S/C14H20N2O4/c1-4-6-15(7-5-2)12-8-11(14(17)18)9-13(10(12)3)16(19)20/h8-9H,4-7H2,1-3H3,(H,17,18). The summed E-state index contributed by atoms with van der Waals surface area (Å²) in [6.45, 7) is 7.20. The Hall–Kier alpha value is -2.11. The third kappa shape index (κ3) is 3.46. The van der Waals surface area contributed by atoms with Gasteiger partial charge in [0, 0.05) is 24.8 Å². The highest BCUT2D eigenvalue weighted by Gasteiger charge is 2.21. The Labute approximate surface area is 118 Å². The molecule has 1 aromatic carbocycles. The van der Waals surface area contributed by atoms with E-state index in [1.54, 1.807) is 6.92 Å². The van der Waals surface area contributed by atoms with Crippen molar-refractivity contribution in [3.05, 3.63) is 33.4 Å². The number of nitro benzene ring substituents is 1. The van der Waals surface area contributed by atoms with E-state index >= 15 is 0 Å². The summed E-state index contributed by atoms with van der Waals surface area (Å²) in [4.78, 5) is 23.7. The van der Waals surface area contributed by atoms with Crippen molar-refractivity contribution in [2.45, 2.75) is 33.6 Å². The molecule has 6 heteroatoms. The summed E-state index contributed by atoms with van der Waals surface area (Å²) in [7, 11) is 0. The molecule has 0 atom stereocenters. The lowest BCUT2D eigenvalue weighted by molar-refractivity contribution is -0.385. The fourth-order valence-corrected chi connectivity index (χ4v) is 2.22. The van der Waals surface area contributed by atoms with Crippen molar-refractivity contribution in [3.8, 4) is 0 Å². The van der Waals surface area contributed by atoms with Crippen molar-refractivity contribution < 1.29 is 14.8 Å². The normalized spacial score (nSPS) is 10.3. The van der Waals surface area contributed by atoms with E-state index in [9.17, 15) is 14.9 Å². The number of hydrogen-bond acceptors (Lipinski definition) is 4. The maximum atomic E-state index is 11.1. The van der Waals surface area contributed by atoms with Crippen molar-refractivity contribution in [2.75, 3.05) is 18.0 Å². The first-order valence-electron chi connectivity index (χ1n) is 6.69. The smallest absolute Gasteiger partial charge is 0.336 e. The second-order valence-electron chi connectivity index (χ2n) is 4.69. The number of anilines is 1. The molecule has 0 radical (unpaired) electrons. The molecule has 0 bridgehead atoms. The van der Waals surface area contributed by atoms with Gasteiger partial charge in [0.05, 0.1) is 16.1 Å². The maximum Gasteiger partial charge on any atom is 0.336 e. The average Bonchev–Trinajstić information content (AvgIpc) is 2.38. The topological polar surface area (TPSA) is 83.7 Å². The minimum absolute atomic E-state index is 0.0468. The molecule has 0 amide bonds. The van der Waals surface area contributed by atoms with Gasteiger partial charge in [-0.25, -0.2) is 4.79 Å². The van der Waals surface area contributed by atoms with E-state index < -0.39 is 10.9 Å². The van der Waals surface area contributed by atoms with Crippen LogP contribution in [0.3, 0.4) is 0 Å². The van der Waals surface area contributed by atoms with Gasteiger partial charge >= 0.3 is 5.97 Å². The van der Waals surface area contributed by atoms with Gasteiger partial charge in [-0.1, -0.05) is 13.8 Å². The number of nitrogens with zero attached hydrogens (tertiary/aromatic N) is 2. The molecule has 0 aliphatic rings.